The number of nitro benzene ring substituents is 1. The molecule has 2 aromatic carbocycles. The van der Waals surface area contributed by atoms with Crippen LogP contribution in [-0.4, -0.2) is 41.2 Å². The van der Waals surface area contributed by atoms with E-state index in [9.17, 15) is 24.8 Å². The molecule has 1 amide bonds. The average Bonchev–Trinajstić information content (AvgIpc) is 2.67. The predicted octanol–water partition coefficient (Wildman–Crippen LogP) is 1.47. The van der Waals surface area contributed by atoms with Crippen molar-refractivity contribution in [3.05, 3.63) is 75.8 Å². The van der Waals surface area contributed by atoms with Crippen LogP contribution in [0.15, 0.2) is 54.6 Å². The molecule has 0 saturated carbocycles. The Bertz CT molecular complexity index is 776. The summed E-state index contributed by atoms with van der Waals surface area (Å²) in [6, 6.07) is 13.1. The molecular formula is C18H18N2O6. The van der Waals surface area contributed by atoms with Crippen molar-refractivity contribution in [2.45, 2.75) is 18.6 Å². The number of hydrogen-bond donors (Lipinski definition) is 2. The van der Waals surface area contributed by atoms with Crippen molar-refractivity contribution < 1.29 is 24.4 Å². The summed E-state index contributed by atoms with van der Waals surface area (Å²) in [5.74, 6) is -1.43. The summed E-state index contributed by atoms with van der Waals surface area (Å²) >= 11 is 0. The number of rotatable bonds is 7. The quantitative estimate of drug-likeness (QED) is 0.439. The van der Waals surface area contributed by atoms with Gasteiger partial charge in [-0.25, -0.2) is 4.79 Å². The Hall–Kier alpha value is -3.26. The molecule has 26 heavy (non-hydrogen) atoms. The fourth-order valence-corrected chi connectivity index (χ4v) is 2.38. The normalized spacial score (nSPS) is 12.7. The lowest BCUT2D eigenvalue weighted by molar-refractivity contribution is -0.384. The number of benzene rings is 2. The van der Waals surface area contributed by atoms with Gasteiger partial charge in [-0.15, -0.1) is 0 Å². The highest BCUT2D eigenvalue weighted by molar-refractivity contribution is 5.95. The van der Waals surface area contributed by atoms with Crippen molar-refractivity contribution in [3.8, 4) is 0 Å². The lowest BCUT2D eigenvalue weighted by Crippen LogP contribution is -2.48. The molecule has 0 radical (unpaired) electrons. The minimum absolute atomic E-state index is 0.142. The Morgan fingerprint density at radius 1 is 1.15 bits per heavy atom. The van der Waals surface area contributed by atoms with E-state index in [1.54, 1.807) is 24.3 Å². The van der Waals surface area contributed by atoms with E-state index in [2.05, 4.69) is 10.1 Å². The maximum atomic E-state index is 12.4. The van der Waals surface area contributed by atoms with E-state index in [1.165, 1.54) is 24.3 Å². The molecule has 0 aliphatic heterocycles. The zero-order chi connectivity index (χ0) is 19.1. The molecule has 136 valence electrons. The second-order valence-electron chi connectivity index (χ2n) is 5.54. The zero-order valence-corrected chi connectivity index (χ0v) is 14.0. The number of ether oxygens (including phenoxy) is 1. The molecule has 8 heteroatoms. The van der Waals surface area contributed by atoms with E-state index in [-0.39, 0.29) is 17.7 Å². The molecule has 8 nitrogen and oxygen atoms in total. The number of carbonyl (C=O) groups excluding carboxylic acids is 2. The summed E-state index contributed by atoms with van der Waals surface area (Å²) in [5.41, 5.74) is 0.840. The van der Waals surface area contributed by atoms with Gasteiger partial charge in [0, 0.05) is 17.7 Å². The third kappa shape index (κ3) is 4.87. The molecule has 0 unspecified atom stereocenters. The topological polar surface area (TPSA) is 119 Å². The van der Waals surface area contributed by atoms with Gasteiger partial charge in [0.15, 0.2) is 6.10 Å². The first kappa shape index (κ1) is 19.1. The largest absolute Gasteiger partial charge is 0.467 e. The predicted molar refractivity (Wildman–Crippen MR) is 92.5 cm³/mol. The number of methoxy groups -OCH3 is 1. The number of amides is 1. The van der Waals surface area contributed by atoms with Crippen molar-refractivity contribution in [2.75, 3.05) is 7.11 Å². The highest BCUT2D eigenvalue weighted by atomic mass is 16.6. The molecule has 0 spiro atoms. The lowest BCUT2D eigenvalue weighted by atomic mass is 10.0. The highest BCUT2D eigenvalue weighted by Gasteiger charge is 2.29. The number of hydrogen-bond acceptors (Lipinski definition) is 6. The molecule has 0 heterocycles. The van der Waals surface area contributed by atoms with E-state index in [4.69, 9.17) is 0 Å². The van der Waals surface area contributed by atoms with Gasteiger partial charge < -0.3 is 15.2 Å². The number of nitrogens with one attached hydrogen (secondary N) is 1. The fraction of sp³-hybridized carbons (Fsp3) is 0.222. The summed E-state index contributed by atoms with van der Waals surface area (Å²) in [7, 11) is 1.14. The molecule has 0 saturated heterocycles. The number of aliphatic hydroxyl groups is 1. The third-order valence-corrected chi connectivity index (χ3v) is 3.78. The van der Waals surface area contributed by atoms with Gasteiger partial charge in [-0.2, -0.15) is 0 Å². The molecule has 0 bridgehead atoms. The van der Waals surface area contributed by atoms with Crippen molar-refractivity contribution in [3.63, 3.8) is 0 Å². The van der Waals surface area contributed by atoms with Crippen LogP contribution in [-0.2, 0) is 16.0 Å². The minimum atomic E-state index is -1.55. The SMILES string of the molecule is COC(=O)[C@@H](O)[C@H](Cc1ccccc1)NC(=O)c1ccc([N+](=O)[O-])cc1. The lowest BCUT2D eigenvalue weighted by Gasteiger charge is -2.22. The van der Waals surface area contributed by atoms with Crippen molar-refractivity contribution in [1.29, 1.82) is 0 Å². The van der Waals surface area contributed by atoms with Gasteiger partial charge in [-0.05, 0) is 24.1 Å². The number of nitrogens with zero attached hydrogens (tertiary/aromatic N) is 1. The van der Waals surface area contributed by atoms with E-state index in [0.29, 0.717) is 0 Å². The van der Waals surface area contributed by atoms with Crippen molar-refractivity contribution in [1.82, 2.24) is 5.32 Å². The summed E-state index contributed by atoms with van der Waals surface area (Å²) < 4.78 is 4.54. The smallest absolute Gasteiger partial charge is 0.336 e. The maximum Gasteiger partial charge on any atom is 0.336 e. The Morgan fingerprint density at radius 2 is 1.77 bits per heavy atom. The van der Waals surface area contributed by atoms with Crippen LogP contribution in [0.2, 0.25) is 0 Å². The fourth-order valence-electron chi connectivity index (χ4n) is 2.38. The highest BCUT2D eigenvalue weighted by Crippen LogP contribution is 2.13. The summed E-state index contributed by atoms with van der Waals surface area (Å²) in [4.78, 5) is 34.2. The summed E-state index contributed by atoms with van der Waals surface area (Å²) in [6.45, 7) is 0. The second-order valence-corrected chi connectivity index (χ2v) is 5.54. The van der Waals surface area contributed by atoms with Crippen LogP contribution in [0.1, 0.15) is 15.9 Å². The Balaban J connectivity index is 2.17. The molecule has 2 rings (SSSR count). The van der Waals surface area contributed by atoms with Crippen LogP contribution in [0.4, 0.5) is 5.69 Å². The van der Waals surface area contributed by atoms with E-state index < -0.39 is 28.9 Å². The van der Waals surface area contributed by atoms with E-state index in [1.807, 2.05) is 6.07 Å². The monoisotopic (exact) mass is 358 g/mol. The first-order valence-electron chi connectivity index (χ1n) is 7.77. The van der Waals surface area contributed by atoms with Crippen LogP contribution in [0, 0.1) is 10.1 Å². The molecule has 0 aliphatic rings. The molecule has 0 fully saturated rings. The van der Waals surface area contributed by atoms with Crippen LogP contribution in [0.5, 0.6) is 0 Å². The van der Waals surface area contributed by atoms with Gasteiger partial charge in [0.1, 0.15) is 0 Å². The zero-order valence-electron chi connectivity index (χ0n) is 14.0. The molecule has 2 aromatic rings. The number of carbonyl (C=O) groups is 2. The molecule has 2 atom stereocenters. The van der Waals surface area contributed by atoms with Crippen LogP contribution >= 0.6 is 0 Å². The van der Waals surface area contributed by atoms with Crippen LogP contribution in [0.3, 0.4) is 0 Å². The molecular weight excluding hydrogens is 340 g/mol. The van der Waals surface area contributed by atoms with Crippen LogP contribution in [0.25, 0.3) is 0 Å². The first-order valence-corrected chi connectivity index (χ1v) is 7.77. The van der Waals surface area contributed by atoms with Gasteiger partial charge in [0.2, 0.25) is 0 Å². The standard InChI is InChI=1S/C18H18N2O6/c1-26-18(23)16(21)15(11-12-5-3-2-4-6-12)19-17(22)13-7-9-14(10-8-13)20(24)25/h2-10,15-16,21H,11H2,1H3,(H,19,22)/t15-,16-/m0/s1. The number of aliphatic hydroxyl groups excluding tert-OH is 1. The van der Waals surface area contributed by atoms with Gasteiger partial charge in [0.25, 0.3) is 11.6 Å². The molecule has 0 aliphatic carbocycles. The number of nitro groups is 1. The van der Waals surface area contributed by atoms with E-state index in [0.717, 1.165) is 12.7 Å². The molecule has 2 N–H and O–H groups in total. The van der Waals surface area contributed by atoms with Crippen molar-refractivity contribution >= 4 is 17.6 Å². The first-order chi connectivity index (χ1) is 12.4. The Kier molecular flexibility index (Phi) is 6.40. The Morgan fingerprint density at radius 3 is 2.31 bits per heavy atom. The van der Waals surface area contributed by atoms with Gasteiger partial charge in [-0.1, -0.05) is 30.3 Å². The van der Waals surface area contributed by atoms with E-state index >= 15 is 0 Å². The van der Waals surface area contributed by atoms with Gasteiger partial charge >= 0.3 is 5.97 Å². The number of non-ortho nitro benzene ring substituents is 1. The minimum Gasteiger partial charge on any atom is -0.467 e. The second kappa shape index (κ2) is 8.72. The van der Waals surface area contributed by atoms with Gasteiger partial charge in [0.05, 0.1) is 18.1 Å². The third-order valence-electron chi connectivity index (χ3n) is 3.78. The summed E-state index contributed by atoms with van der Waals surface area (Å²) in [5, 5.41) is 23.4. The van der Waals surface area contributed by atoms with Crippen molar-refractivity contribution in [2.24, 2.45) is 0 Å². The van der Waals surface area contributed by atoms with Gasteiger partial charge in [-0.3, -0.25) is 14.9 Å². The summed E-state index contributed by atoms with van der Waals surface area (Å²) in [6.07, 6.45) is -1.35. The molecule has 0 aromatic heterocycles. The Labute approximate surface area is 149 Å². The maximum absolute atomic E-state index is 12.4. The average molecular weight is 358 g/mol. The van der Waals surface area contributed by atoms with Crippen LogP contribution < -0.4 is 5.32 Å². The number of esters is 1.